The predicted molar refractivity (Wildman–Crippen MR) is 82.6 cm³/mol. The van der Waals surface area contributed by atoms with Crippen molar-refractivity contribution in [2.75, 3.05) is 11.9 Å². The van der Waals surface area contributed by atoms with Crippen molar-refractivity contribution in [3.63, 3.8) is 0 Å². The van der Waals surface area contributed by atoms with Crippen molar-refractivity contribution in [3.05, 3.63) is 29.6 Å². The molecule has 112 valence electrons. The molecule has 0 fully saturated rings. The summed E-state index contributed by atoms with van der Waals surface area (Å²) in [5, 5.41) is 3.15. The summed E-state index contributed by atoms with van der Waals surface area (Å²) in [6.07, 6.45) is 4.18. The van der Waals surface area contributed by atoms with Crippen LogP contribution in [0, 0.1) is 11.7 Å². The fraction of sp³-hybridized carbons (Fsp3) is 0.588. The lowest BCUT2D eigenvalue weighted by molar-refractivity contribution is -0.117. The molecule has 1 rings (SSSR count). The average Bonchev–Trinajstić information content (AvgIpc) is 2.38. The van der Waals surface area contributed by atoms with Gasteiger partial charge in [0.1, 0.15) is 11.6 Å². The van der Waals surface area contributed by atoms with E-state index in [1.54, 1.807) is 13.0 Å². The lowest BCUT2D eigenvalue weighted by Gasteiger charge is -2.12. The van der Waals surface area contributed by atoms with Crippen LogP contribution in [0.1, 0.15) is 52.0 Å². The van der Waals surface area contributed by atoms with Gasteiger partial charge in [-0.15, -0.1) is 0 Å². The van der Waals surface area contributed by atoms with Crippen LogP contribution in [0.5, 0.6) is 0 Å². The molecule has 0 aliphatic carbocycles. The van der Waals surface area contributed by atoms with Gasteiger partial charge < -0.3 is 10.1 Å². The molecule has 20 heavy (non-hydrogen) atoms. The van der Waals surface area contributed by atoms with Gasteiger partial charge in [-0.25, -0.2) is 4.39 Å². The molecule has 0 radical (unpaired) electrons. The number of carbonyl (C=O) groups is 1. The summed E-state index contributed by atoms with van der Waals surface area (Å²) in [5.74, 6) is 0.598. The molecule has 0 unspecified atom stereocenters. The molecule has 0 saturated heterocycles. The Bertz CT molecular complexity index is 429. The van der Waals surface area contributed by atoms with E-state index in [4.69, 9.17) is 0 Å². The third-order valence-corrected chi connectivity index (χ3v) is 3.25. The highest BCUT2D eigenvalue weighted by Crippen LogP contribution is 2.20. The Morgan fingerprint density at radius 3 is 2.65 bits per heavy atom. The van der Waals surface area contributed by atoms with Crippen molar-refractivity contribution in [2.45, 2.75) is 52.9 Å². The van der Waals surface area contributed by atoms with Crippen molar-refractivity contribution < 1.29 is 9.18 Å². The first kappa shape index (κ1) is 16.7. The van der Waals surface area contributed by atoms with Crippen LogP contribution >= 0.6 is 0 Å². The number of aryl methyl sites for hydroxylation is 1. The Hall–Kier alpha value is -1.38. The first-order valence-electron chi connectivity index (χ1n) is 7.51. The van der Waals surface area contributed by atoms with Crippen molar-refractivity contribution in [1.29, 1.82) is 0 Å². The Balaban J connectivity index is 2.45. The normalized spacial score (nSPS) is 10.8. The van der Waals surface area contributed by atoms with Crippen LogP contribution in [-0.4, -0.2) is 12.3 Å². The molecule has 0 aromatic heterocycles. The van der Waals surface area contributed by atoms with Gasteiger partial charge in [0.2, 0.25) is 0 Å². The molecule has 0 heterocycles. The Morgan fingerprint density at radius 1 is 1.25 bits per heavy atom. The number of halogens is 1. The third kappa shape index (κ3) is 6.18. The van der Waals surface area contributed by atoms with E-state index in [0.29, 0.717) is 18.0 Å². The maximum Gasteiger partial charge on any atom is 0.149 e. The molecule has 0 bridgehead atoms. The van der Waals surface area contributed by atoms with Crippen molar-refractivity contribution in [2.24, 2.45) is 5.92 Å². The lowest BCUT2D eigenvalue weighted by Crippen LogP contribution is -2.10. The Labute approximate surface area is 121 Å². The Morgan fingerprint density at radius 2 is 2.00 bits per heavy atom. The van der Waals surface area contributed by atoms with Crippen LogP contribution in [0.4, 0.5) is 10.1 Å². The molecule has 0 saturated carbocycles. The smallest absolute Gasteiger partial charge is 0.149 e. The van der Waals surface area contributed by atoms with Crippen LogP contribution in [0.3, 0.4) is 0 Å². The zero-order valence-corrected chi connectivity index (χ0v) is 12.8. The van der Waals surface area contributed by atoms with Gasteiger partial charge in [0.05, 0.1) is 5.69 Å². The van der Waals surface area contributed by atoms with Gasteiger partial charge in [-0.1, -0.05) is 32.4 Å². The van der Waals surface area contributed by atoms with Gasteiger partial charge >= 0.3 is 0 Å². The number of benzene rings is 1. The number of hydrogen-bond donors (Lipinski definition) is 1. The second kappa shape index (κ2) is 8.72. The van der Waals surface area contributed by atoms with Gasteiger partial charge in [-0.3, -0.25) is 0 Å². The number of anilines is 1. The fourth-order valence-corrected chi connectivity index (χ4v) is 2.09. The highest BCUT2D eigenvalue weighted by molar-refractivity contribution is 5.75. The summed E-state index contributed by atoms with van der Waals surface area (Å²) >= 11 is 0. The summed E-state index contributed by atoms with van der Waals surface area (Å²) in [5.41, 5.74) is 1.36. The number of Topliss-reactive ketones (excluding diaryl/α,β-unsaturated/α-hetero) is 1. The SMILES string of the molecule is CC(=O)CCCCCc1cccc(NCC(C)C)c1F. The van der Waals surface area contributed by atoms with Gasteiger partial charge in [0, 0.05) is 13.0 Å². The minimum absolute atomic E-state index is 0.125. The molecule has 0 atom stereocenters. The maximum absolute atomic E-state index is 14.2. The lowest BCUT2D eigenvalue weighted by atomic mass is 10.0. The second-order valence-corrected chi connectivity index (χ2v) is 5.82. The monoisotopic (exact) mass is 279 g/mol. The van der Waals surface area contributed by atoms with E-state index in [9.17, 15) is 9.18 Å². The molecule has 1 aromatic rings. The molecule has 0 amide bonds. The Kier molecular flexibility index (Phi) is 7.27. The van der Waals surface area contributed by atoms with Crippen molar-refractivity contribution in [3.8, 4) is 0 Å². The quantitative estimate of drug-likeness (QED) is 0.670. The van der Waals surface area contributed by atoms with E-state index < -0.39 is 0 Å². The first-order chi connectivity index (χ1) is 9.50. The van der Waals surface area contributed by atoms with Crippen LogP contribution in [-0.2, 0) is 11.2 Å². The van der Waals surface area contributed by atoms with E-state index in [-0.39, 0.29) is 11.6 Å². The zero-order chi connectivity index (χ0) is 15.0. The number of ketones is 1. The highest BCUT2D eigenvalue weighted by atomic mass is 19.1. The summed E-state index contributed by atoms with van der Waals surface area (Å²) in [6.45, 7) is 6.59. The van der Waals surface area contributed by atoms with E-state index >= 15 is 0 Å². The molecule has 3 heteroatoms. The van der Waals surface area contributed by atoms with E-state index in [0.717, 1.165) is 37.8 Å². The average molecular weight is 279 g/mol. The molecule has 2 nitrogen and oxygen atoms in total. The van der Waals surface area contributed by atoms with Gasteiger partial charge in [-0.2, -0.15) is 0 Å². The highest BCUT2D eigenvalue weighted by Gasteiger charge is 2.08. The van der Waals surface area contributed by atoms with E-state index in [1.807, 2.05) is 12.1 Å². The van der Waals surface area contributed by atoms with Gasteiger partial charge in [0.15, 0.2) is 0 Å². The number of rotatable bonds is 9. The van der Waals surface area contributed by atoms with E-state index in [2.05, 4.69) is 19.2 Å². The van der Waals surface area contributed by atoms with Crippen molar-refractivity contribution >= 4 is 11.5 Å². The number of carbonyl (C=O) groups excluding carboxylic acids is 1. The minimum Gasteiger partial charge on any atom is -0.382 e. The molecule has 0 aliphatic rings. The van der Waals surface area contributed by atoms with Crippen LogP contribution in [0.25, 0.3) is 0 Å². The molecule has 1 N–H and O–H groups in total. The summed E-state index contributed by atoms with van der Waals surface area (Å²) < 4.78 is 14.2. The third-order valence-electron chi connectivity index (χ3n) is 3.25. The number of hydrogen-bond acceptors (Lipinski definition) is 2. The molecule has 0 aliphatic heterocycles. The van der Waals surface area contributed by atoms with Crippen molar-refractivity contribution in [1.82, 2.24) is 0 Å². The molecular formula is C17H26FNO. The number of unbranched alkanes of at least 4 members (excludes halogenated alkanes) is 2. The van der Waals surface area contributed by atoms with E-state index in [1.165, 1.54) is 0 Å². The predicted octanol–water partition coefficient (Wildman–Crippen LogP) is 4.59. The zero-order valence-electron chi connectivity index (χ0n) is 12.8. The van der Waals surface area contributed by atoms with Crippen LogP contribution in [0.15, 0.2) is 18.2 Å². The maximum atomic E-state index is 14.2. The summed E-state index contributed by atoms with van der Waals surface area (Å²) in [7, 11) is 0. The van der Waals surface area contributed by atoms with Crippen LogP contribution < -0.4 is 5.32 Å². The largest absolute Gasteiger partial charge is 0.382 e. The molecule has 1 aromatic carbocycles. The van der Waals surface area contributed by atoms with Gasteiger partial charge in [-0.05, 0) is 43.7 Å². The van der Waals surface area contributed by atoms with Crippen LogP contribution in [0.2, 0.25) is 0 Å². The second-order valence-electron chi connectivity index (χ2n) is 5.82. The fourth-order valence-electron chi connectivity index (χ4n) is 2.09. The molecule has 0 spiro atoms. The standard InChI is InChI=1S/C17H26FNO/c1-13(2)12-19-16-11-7-10-15(17(16)18)9-6-4-5-8-14(3)20/h7,10-11,13,19H,4-6,8-9,12H2,1-3H3. The summed E-state index contributed by atoms with van der Waals surface area (Å²) in [4.78, 5) is 10.8. The minimum atomic E-state index is -0.125. The molecular weight excluding hydrogens is 253 g/mol. The number of nitrogens with one attached hydrogen (secondary N) is 1. The topological polar surface area (TPSA) is 29.1 Å². The van der Waals surface area contributed by atoms with Gasteiger partial charge in [0.25, 0.3) is 0 Å². The first-order valence-corrected chi connectivity index (χ1v) is 7.51. The summed E-state index contributed by atoms with van der Waals surface area (Å²) in [6, 6.07) is 5.54.